The Morgan fingerprint density at radius 3 is 2.54 bits per heavy atom. The first-order valence-corrected chi connectivity index (χ1v) is 3.93. The van der Waals surface area contributed by atoms with Crippen molar-refractivity contribution in [3.8, 4) is 0 Å². The number of hydrogen-bond donors (Lipinski definition) is 1. The largest absolute Gasteiger partial charge is 0.308 e. The zero-order valence-corrected chi connectivity index (χ0v) is 6.65. The summed E-state index contributed by atoms with van der Waals surface area (Å²) in [5, 5.41) is 2.86. The van der Waals surface area contributed by atoms with Gasteiger partial charge in [0, 0.05) is 6.07 Å². The van der Waals surface area contributed by atoms with Gasteiger partial charge in [-0.1, -0.05) is 0 Å². The van der Waals surface area contributed by atoms with Crippen LogP contribution in [0.5, 0.6) is 0 Å². The second kappa shape index (κ2) is 2.99. The van der Waals surface area contributed by atoms with Crippen LogP contribution in [0.2, 0.25) is 0 Å². The average molecular weight is 188 g/mol. The second-order valence-corrected chi connectivity index (χ2v) is 2.92. The van der Waals surface area contributed by atoms with E-state index in [9.17, 15) is 13.2 Å². The number of hydrogen-bond acceptors (Lipinski definition) is 2. The molecular formula is C8H7F3N2. The van der Waals surface area contributed by atoms with E-state index in [1.807, 2.05) is 0 Å². The molecule has 1 aliphatic rings. The van der Waals surface area contributed by atoms with Crippen molar-refractivity contribution < 1.29 is 13.2 Å². The summed E-state index contributed by atoms with van der Waals surface area (Å²) in [7, 11) is 0. The summed E-state index contributed by atoms with van der Waals surface area (Å²) in [6.07, 6.45) is 0.703. The molecule has 70 valence electrons. The molecular weight excluding hydrogens is 181 g/mol. The molecule has 1 aromatic rings. The van der Waals surface area contributed by atoms with E-state index in [-0.39, 0.29) is 11.7 Å². The maximum Gasteiger partial charge on any atom is 0.249 e. The van der Waals surface area contributed by atoms with Gasteiger partial charge in [0.25, 0.3) is 0 Å². The molecule has 2 nitrogen and oxygen atoms in total. The first-order valence-electron chi connectivity index (χ1n) is 3.93. The minimum atomic E-state index is -1.25. The van der Waals surface area contributed by atoms with Crippen molar-refractivity contribution in [2.24, 2.45) is 0 Å². The molecule has 1 aromatic heterocycles. The van der Waals surface area contributed by atoms with Crippen LogP contribution in [-0.4, -0.2) is 11.5 Å². The molecule has 0 bridgehead atoms. The number of aromatic nitrogens is 1. The summed E-state index contributed by atoms with van der Waals surface area (Å²) in [6.45, 7) is 0.755. The standard InChI is InChI=1S/C8H7F3N2/c9-4-3-5(10)8(11)13-7(4)6-1-2-12-6/h3,6,12H,1-2H2/t6-/m1/s1. The lowest BCUT2D eigenvalue weighted by Gasteiger charge is -2.27. The number of nitrogens with zero attached hydrogens (tertiary/aromatic N) is 1. The Morgan fingerprint density at radius 2 is 2.00 bits per heavy atom. The van der Waals surface area contributed by atoms with Gasteiger partial charge in [-0.25, -0.2) is 13.8 Å². The molecule has 1 saturated heterocycles. The van der Waals surface area contributed by atoms with E-state index in [2.05, 4.69) is 10.3 Å². The quantitative estimate of drug-likeness (QED) is 0.676. The molecule has 0 aliphatic carbocycles. The molecule has 5 heteroatoms. The first-order chi connectivity index (χ1) is 6.18. The SMILES string of the molecule is Fc1cc(F)c([C@H]2CCN2)nc1F. The minimum absolute atomic E-state index is 0.0369. The molecule has 2 rings (SSSR count). The highest BCUT2D eigenvalue weighted by atomic mass is 19.2. The first kappa shape index (κ1) is 8.50. The van der Waals surface area contributed by atoms with E-state index >= 15 is 0 Å². The van der Waals surface area contributed by atoms with Gasteiger partial charge in [-0.2, -0.15) is 4.39 Å². The summed E-state index contributed by atoms with van der Waals surface area (Å²) in [6, 6.07) is 0.257. The van der Waals surface area contributed by atoms with Crippen molar-refractivity contribution in [1.82, 2.24) is 10.3 Å². The highest BCUT2D eigenvalue weighted by molar-refractivity contribution is 5.15. The molecule has 1 aliphatic heterocycles. The van der Waals surface area contributed by atoms with Crippen LogP contribution in [0.15, 0.2) is 6.07 Å². The smallest absolute Gasteiger partial charge is 0.249 e. The summed E-state index contributed by atoms with van der Waals surface area (Å²) in [5.41, 5.74) is -0.0369. The van der Waals surface area contributed by atoms with Gasteiger partial charge in [0.15, 0.2) is 5.82 Å². The van der Waals surface area contributed by atoms with Gasteiger partial charge in [0.1, 0.15) is 5.82 Å². The van der Waals surface area contributed by atoms with E-state index in [0.29, 0.717) is 12.5 Å². The fraction of sp³-hybridized carbons (Fsp3) is 0.375. The lowest BCUT2D eigenvalue weighted by molar-refractivity contribution is 0.348. The van der Waals surface area contributed by atoms with Gasteiger partial charge in [0.05, 0.1) is 11.7 Å². The van der Waals surface area contributed by atoms with Crippen LogP contribution in [0, 0.1) is 17.6 Å². The molecule has 0 unspecified atom stereocenters. The van der Waals surface area contributed by atoms with Crippen LogP contribution in [0.4, 0.5) is 13.2 Å². The molecule has 2 heterocycles. The molecule has 1 atom stereocenters. The molecule has 0 radical (unpaired) electrons. The Bertz CT molecular complexity index is 336. The Kier molecular flexibility index (Phi) is 1.95. The molecule has 0 saturated carbocycles. The Balaban J connectivity index is 2.39. The third-order valence-electron chi connectivity index (χ3n) is 2.07. The van der Waals surface area contributed by atoms with Crippen LogP contribution in [-0.2, 0) is 0 Å². The van der Waals surface area contributed by atoms with Crippen LogP contribution in [0.1, 0.15) is 18.2 Å². The van der Waals surface area contributed by atoms with Gasteiger partial charge in [0.2, 0.25) is 5.95 Å². The van der Waals surface area contributed by atoms with Crippen molar-refractivity contribution in [3.63, 3.8) is 0 Å². The average Bonchev–Trinajstić information content (AvgIpc) is 1.96. The van der Waals surface area contributed by atoms with Crippen LogP contribution >= 0.6 is 0 Å². The van der Waals surface area contributed by atoms with E-state index in [1.54, 1.807) is 0 Å². The Labute approximate surface area is 72.8 Å². The predicted molar refractivity (Wildman–Crippen MR) is 39.5 cm³/mol. The fourth-order valence-corrected chi connectivity index (χ4v) is 1.22. The number of rotatable bonds is 1. The maximum absolute atomic E-state index is 13.0. The fourth-order valence-electron chi connectivity index (χ4n) is 1.22. The van der Waals surface area contributed by atoms with Gasteiger partial charge < -0.3 is 5.32 Å². The lowest BCUT2D eigenvalue weighted by atomic mass is 10.0. The molecule has 0 aromatic carbocycles. The van der Waals surface area contributed by atoms with Gasteiger partial charge in [-0.15, -0.1) is 0 Å². The van der Waals surface area contributed by atoms with Crippen LogP contribution < -0.4 is 5.32 Å². The summed E-state index contributed by atoms with van der Waals surface area (Å²) < 4.78 is 38.0. The Hall–Kier alpha value is -1.10. The van der Waals surface area contributed by atoms with E-state index in [0.717, 1.165) is 6.54 Å². The van der Waals surface area contributed by atoms with Gasteiger partial charge >= 0.3 is 0 Å². The van der Waals surface area contributed by atoms with Gasteiger partial charge in [-0.3, -0.25) is 0 Å². The third-order valence-corrected chi connectivity index (χ3v) is 2.07. The number of halogens is 3. The molecule has 0 amide bonds. The molecule has 13 heavy (non-hydrogen) atoms. The predicted octanol–water partition coefficient (Wildman–Crippen LogP) is 1.53. The summed E-state index contributed by atoms with van der Waals surface area (Å²) in [4.78, 5) is 3.22. The minimum Gasteiger partial charge on any atom is -0.308 e. The summed E-state index contributed by atoms with van der Waals surface area (Å²) in [5.74, 6) is -3.29. The molecule has 1 fully saturated rings. The van der Waals surface area contributed by atoms with Crippen LogP contribution in [0.25, 0.3) is 0 Å². The van der Waals surface area contributed by atoms with Crippen molar-refractivity contribution in [2.45, 2.75) is 12.5 Å². The van der Waals surface area contributed by atoms with Crippen molar-refractivity contribution in [3.05, 3.63) is 29.3 Å². The normalized spacial score (nSPS) is 21.3. The van der Waals surface area contributed by atoms with E-state index in [1.165, 1.54) is 0 Å². The van der Waals surface area contributed by atoms with Crippen LogP contribution in [0.3, 0.4) is 0 Å². The van der Waals surface area contributed by atoms with E-state index in [4.69, 9.17) is 0 Å². The Morgan fingerprint density at radius 1 is 1.31 bits per heavy atom. The van der Waals surface area contributed by atoms with E-state index < -0.39 is 17.6 Å². The van der Waals surface area contributed by atoms with Crippen molar-refractivity contribution in [1.29, 1.82) is 0 Å². The number of nitrogens with one attached hydrogen (secondary N) is 1. The van der Waals surface area contributed by atoms with Crippen molar-refractivity contribution >= 4 is 0 Å². The molecule has 0 spiro atoms. The molecule has 1 N–H and O–H groups in total. The second-order valence-electron chi connectivity index (χ2n) is 2.92. The maximum atomic E-state index is 13.0. The number of pyridine rings is 1. The van der Waals surface area contributed by atoms with Crippen molar-refractivity contribution in [2.75, 3.05) is 6.54 Å². The zero-order valence-electron chi connectivity index (χ0n) is 6.65. The summed E-state index contributed by atoms with van der Waals surface area (Å²) >= 11 is 0. The zero-order chi connectivity index (χ0) is 9.42. The topological polar surface area (TPSA) is 24.9 Å². The lowest BCUT2D eigenvalue weighted by Crippen LogP contribution is -2.36. The monoisotopic (exact) mass is 188 g/mol. The van der Waals surface area contributed by atoms with Gasteiger partial charge in [-0.05, 0) is 13.0 Å². The highest BCUT2D eigenvalue weighted by Crippen LogP contribution is 2.24. The highest BCUT2D eigenvalue weighted by Gasteiger charge is 2.25. The third kappa shape index (κ3) is 1.39.